The molecule has 2 aromatic rings. The highest BCUT2D eigenvalue weighted by Crippen LogP contribution is 2.17. The second-order valence-electron chi connectivity index (χ2n) is 6.79. The van der Waals surface area contributed by atoms with Gasteiger partial charge in [0.25, 0.3) is 0 Å². The number of ether oxygens (including phenoxy) is 1. The molecule has 3 rings (SSSR count). The predicted octanol–water partition coefficient (Wildman–Crippen LogP) is 3.43. The number of hydrogen-bond donors (Lipinski definition) is 0. The Balaban J connectivity index is 1.45. The molecule has 5 heteroatoms. The lowest BCUT2D eigenvalue weighted by molar-refractivity contribution is -0.134. The van der Waals surface area contributed by atoms with Crippen molar-refractivity contribution in [1.29, 1.82) is 0 Å². The van der Waals surface area contributed by atoms with E-state index in [1.54, 1.807) is 12.4 Å². The van der Waals surface area contributed by atoms with Crippen LogP contribution in [-0.2, 0) is 17.6 Å². The van der Waals surface area contributed by atoms with E-state index in [4.69, 9.17) is 4.74 Å². The van der Waals surface area contributed by atoms with Crippen molar-refractivity contribution in [3.63, 3.8) is 0 Å². The second-order valence-corrected chi connectivity index (χ2v) is 6.79. The standard InChI is InChI=1S/C21H27N3O2/c1-2-17-14-22-21(23-15-17)26-19-11-7-13-24(16-19)20(25)12-6-10-18-8-4-3-5-9-18/h3-5,8-9,14-15,19H,2,6-7,10-13,16H2,1H3. The number of amides is 1. The van der Waals surface area contributed by atoms with Crippen molar-refractivity contribution < 1.29 is 9.53 Å². The Kier molecular flexibility index (Phi) is 6.58. The van der Waals surface area contributed by atoms with E-state index in [1.165, 1.54) is 5.56 Å². The van der Waals surface area contributed by atoms with Gasteiger partial charge in [-0.15, -0.1) is 0 Å². The molecule has 5 nitrogen and oxygen atoms in total. The van der Waals surface area contributed by atoms with Gasteiger partial charge >= 0.3 is 6.01 Å². The van der Waals surface area contributed by atoms with Gasteiger partial charge < -0.3 is 9.64 Å². The number of aryl methyl sites for hydroxylation is 2. The average molecular weight is 353 g/mol. The molecule has 0 N–H and O–H groups in total. The van der Waals surface area contributed by atoms with E-state index >= 15 is 0 Å². The molecule has 1 aliphatic heterocycles. The van der Waals surface area contributed by atoms with Crippen LogP contribution < -0.4 is 4.74 Å². The molecule has 1 atom stereocenters. The van der Waals surface area contributed by atoms with E-state index in [0.29, 0.717) is 19.0 Å². The number of rotatable bonds is 7. The molecule has 1 fully saturated rings. The number of nitrogens with zero attached hydrogens (tertiary/aromatic N) is 3. The summed E-state index contributed by atoms with van der Waals surface area (Å²) in [6.07, 6.45) is 8.81. The second kappa shape index (κ2) is 9.32. The zero-order chi connectivity index (χ0) is 18.2. The van der Waals surface area contributed by atoms with Crippen LogP contribution in [0, 0.1) is 0 Å². The summed E-state index contributed by atoms with van der Waals surface area (Å²) >= 11 is 0. The Morgan fingerprint density at radius 3 is 2.69 bits per heavy atom. The first kappa shape index (κ1) is 18.4. The van der Waals surface area contributed by atoms with E-state index < -0.39 is 0 Å². The van der Waals surface area contributed by atoms with Crippen molar-refractivity contribution in [2.24, 2.45) is 0 Å². The normalized spacial score (nSPS) is 17.1. The van der Waals surface area contributed by atoms with Crippen LogP contribution in [0.15, 0.2) is 42.7 Å². The van der Waals surface area contributed by atoms with Gasteiger partial charge in [-0.1, -0.05) is 37.3 Å². The van der Waals surface area contributed by atoms with Crippen molar-refractivity contribution in [3.05, 3.63) is 53.9 Å². The highest BCUT2D eigenvalue weighted by atomic mass is 16.5. The Labute approximate surface area is 155 Å². The van der Waals surface area contributed by atoms with Crippen LogP contribution in [0.2, 0.25) is 0 Å². The quantitative estimate of drug-likeness (QED) is 0.765. The van der Waals surface area contributed by atoms with Crippen LogP contribution in [-0.4, -0.2) is 40.0 Å². The molecule has 1 amide bonds. The molecule has 1 unspecified atom stereocenters. The zero-order valence-electron chi connectivity index (χ0n) is 15.4. The van der Waals surface area contributed by atoms with Crippen molar-refractivity contribution in [1.82, 2.24) is 14.9 Å². The lowest BCUT2D eigenvalue weighted by atomic mass is 10.1. The first-order valence-electron chi connectivity index (χ1n) is 9.54. The number of carbonyl (C=O) groups excluding carboxylic acids is 1. The number of piperidine rings is 1. The first-order chi connectivity index (χ1) is 12.7. The fraction of sp³-hybridized carbons (Fsp3) is 0.476. The van der Waals surface area contributed by atoms with E-state index in [2.05, 4.69) is 29.0 Å². The van der Waals surface area contributed by atoms with Crippen LogP contribution in [0.25, 0.3) is 0 Å². The molecule has 26 heavy (non-hydrogen) atoms. The van der Waals surface area contributed by atoms with Crippen molar-refractivity contribution in [3.8, 4) is 6.01 Å². The average Bonchev–Trinajstić information content (AvgIpc) is 2.69. The monoisotopic (exact) mass is 353 g/mol. The van der Waals surface area contributed by atoms with Crippen LogP contribution >= 0.6 is 0 Å². The minimum atomic E-state index is -0.0192. The van der Waals surface area contributed by atoms with Gasteiger partial charge in [0.1, 0.15) is 6.10 Å². The topological polar surface area (TPSA) is 55.3 Å². The van der Waals surface area contributed by atoms with Gasteiger partial charge in [-0.3, -0.25) is 4.79 Å². The summed E-state index contributed by atoms with van der Waals surface area (Å²) in [5, 5.41) is 0. The van der Waals surface area contributed by atoms with Crippen LogP contribution in [0.4, 0.5) is 0 Å². The highest BCUT2D eigenvalue weighted by Gasteiger charge is 2.25. The Bertz CT molecular complexity index is 688. The zero-order valence-corrected chi connectivity index (χ0v) is 15.4. The number of benzene rings is 1. The van der Waals surface area contributed by atoms with E-state index in [9.17, 15) is 4.79 Å². The fourth-order valence-electron chi connectivity index (χ4n) is 3.24. The van der Waals surface area contributed by atoms with Crippen molar-refractivity contribution in [2.75, 3.05) is 13.1 Å². The van der Waals surface area contributed by atoms with Gasteiger partial charge in [0.15, 0.2) is 0 Å². The van der Waals surface area contributed by atoms with Gasteiger partial charge in [-0.2, -0.15) is 0 Å². The number of carbonyl (C=O) groups is 1. The van der Waals surface area contributed by atoms with Crippen molar-refractivity contribution >= 4 is 5.91 Å². The summed E-state index contributed by atoms with van der Waals surface area (Å²) in [5.74, 6) is 0.219. The van der Waals surface area contributed by atoms with E-state index in [0.717, 1.165) is 44.2 Å². The molecular formula is C21H27N3O2. The highest BCUT2D eigenvalue weighted by molar-refractivity contribution is 5.76. The first-order valence-corrected chi connectivity index (χ1v) is 9.54. The third-order valence-electron chi connectivity index (χ3n) is 4.79. The van der Waals surface area contributed by atoms with Crippen molar-refractivity contribution in [2.45, 2.75) is 51.6 Å². The molecule has 138 valence electrons. The number of hydrogen-bond acceptors (Lipinski definition) is 4. The van der Waals surface area contributed by atoms with Gasteiger partial charge in [0, 0.05) is 25.4 Å². The molecule has 0 bridgehead atoms. The van der Waals surface area contributed by atoms with Crippen LogP contribution in [0.3, 0.4) is 0 Å². The summed E-state index contributed by atoms with van der Waals surface area (Å²) < 4.78 is 5.89. The van der Waals surface area contributed by atoms with Gasteiger partial charge in [0.05, 0.1) is 6.54 Å². The largest absolute Gasteiger partial charge is 0.458 e. The minimum Gasteiger partial charge on any atom is -0.458 e. The summed E-state index contributed by atoms with van der Waals surface area (Å²) in [5.41, 5.74) is 2.38. The minimum absolute atomic E-state index is 0.0192. The third kappa shape index (κ3) is 5.28. The summed E-state index contributed by atoms with van der Waals surface area (Å²) in [7, 11) is 0. The smallest absolute Gasteiger partial charge is 0.316 e. The molecule has 0 spiro atoms. The van der Waals surface area contributed by atoms with E-state index in [-0.39, 0.29) is 12.0 Å². The molecule has 1 saturated heterocycles. The third-order valence-corrected chi connectivity index (χ3v) is 4.79. The Hall–Kier alpha value is -2.43. The molecule has 0 aliphatic carbocycles. The Morgan fingerprint density at radius 2 is 1.96 bits per heavy atom. The van der Waals surface area contributed by atoms with Gasteiger partial charge in [-0.25, -0.2) is 9.97 Å². The molecule has 0 saturated carbocycles. The van der Waals surface area contributed by atoms with Crippen LogP contribution in [0.5, 0.6) is 6.01 Å². The maximum Gasteiger partial charge on any atom is 0.316 e. The molecule has 1 aromatic heterocycles. The Morgan fingerprint density at radius 1 is 1.19 bits per heavy atom. The predicted molar refractivity (Wildman–Crippen MR) is 101 cm³/mol. The number of likely N-dealkylation sites (tertiary alicyclic amines) is 1. The lowest BCUT2D eigenvalue weighted by Gasteiger charge is -2.32. The summed E-state index contributed by atoms with van der Waals surface area (Å²) in [6.45, 7) is 3.52. The fourth-order valence-corrected chi connectivity index (χ4v) is 3.24. The molecular weight excluding hydrogens is 326 g/mol. The van der Waals surface area contributed by atoms with Gasteiger partial charge in [0.2, 0.25) is 5.91 Å². The summed E-state index contributed by atoms with van der Waals surface area (Å²) in [4.78, 5) is 23.0. The van der Waals surface area contributed by atoms with Gasteiger partial charge in [-0.05, 0) is 43.2 Å². The SMILES string of the molecule is CCc1cnc(OC2CCCN(C(=O)CCCc3ccccc3)C2)nc1. The lowest BCUT2D eigenvalue weighted by Crippen LogP contribution is -2.44. The summed E-state index contributed by atoms with van der Waals surface area (Å²) in [6, 6.07) is 10.7. The van der Waals surface area contributed by atoms with E-state index in [1.807, 2.05) is 23.1 Å². The maximum atomic E-state index is 12.5. The molecule has 0 radical (unpaired) electrons. The maximum absolute atomic E-state index is 12.5. The molecule has 1 aliphatic rings. The molecule has 2 heterocycles. The molecule has 1 aromatic carbocycles. The number of aromatic nitrogens is 2. The van der Waals surface area contributed by atoms with Crippen LogP contribution in [0.1, 0.15) is 43.7 Å².